The molecule has 0 saturated heterocycles. The van der Waals surface area contributed by atoms with Crippen LogP contribution in [0.1, 0.15) is 22.8 Å². The molecule has 1 aromatic carbocycles. The largest absolute Gasteiger partial charge is 0.409 e. The molecule has 0 spiro atoms. The summed E-state index contributed by atoms with van der Waals surface area (Å²) in [5, 5.41) is 11.6. The topological polar surface area (TPSA) is 78.9 Å². The predicted octanol–water partition coefficient (Wildman–Crippen LogP) is 2.21. The number of hydrogen-bond acceptors (Lipinski definition) is 3. The van der Waals surface area contributed by atoms with Gasteiger partial charge in [0.05, 0.1) is 0 Å². The molecule has 0 aliphatic carbocycles. The van der Waals surface area contributed by atoms with Crippen LogP contribution in [-0.2, 0) is 0 Å². The van der Waals surface area contributed by atoms with Crippen molar-refractivity contribution in [2.24, 2.45) is 16.8 Å². The Morgan fingerprint density at radius 3 is 2.79 bits per heavy atom. The average Bonchev–Trinajstić information content (AvgIpc) is 2.39. The molecule has 0 aliphatic rings. The number of nitrogens with two attached hydrogens (primary N) is 1. The molecule has 1 atom stereocenters. The molecule has 0 fully saturated rings. The second-order valence-electron chi connectivity index (χ2n) is 4.52. The summed E-state index contributed by atoms with van der Waals surface area (Å²) >= 11 is 3.41. The Hall–Kier alpha value is -1.56. The molecule has 1 aromatic rings. The predicted molar refractivity (Wildman–Crippen MR) is 78.4 cm³/mol. The number of hydrogen-bond donors (Lipinski definition) is 2. The van der Waals surface area contributed by atoms with Gasteiger partial charge in [-0.25, -0.2) is 0 Å². The number of benzene rings is 1. The van der Waals surface area contributed by atoms with Gasteiger partial charge in [0.2, 0.25) is 0 Å². The van der Waals surface area contributed by atoms with Crippen molar-refractivity contribution in [3.05, 3.63) is 33.8 Å². The number of carbonyl (C=O) groups is 1. The highest BCUT2D eigenvalue weighted by Crippen LogP contribution is 2.20. The van der Waals surface area contributed by atoms with Crippen molar-refractivity contribution in [2.45, 2.75) is 13.8 Å². The second kappa shape index (κ2) is 6.56. The van der Waals surface area contributed by atoms with Crippen LogP contribution in [0.15, 0.2) is 27.8 Å². The first-order chi connectivity index (χ1) is 8.88. The van der Waals surface area contributed by atoms with Crippen molar-refractivity contribution in [1.82, 2.24) is 4.90 Å². The molecule has 0 saturated carbocycles. The molecule has 1 amide bonds. The lowest BCUT2D eigenvalue weighted by Gasteiger charge is -2.22. The highest BCUT2D eigenvalue weighted by Gasteiger charge is 2.18. The summed E-state index contributed by atoms with van der Waals surface area (Å²) in [6.07, 6.45) is 0. The van der Waals surface area contributed by atoms with Crippen LogP contribution in [0, 0.1) is 12.8 Å². The van der Waals surface area contributed by atoms with Crippen LogP contribution in [0.4, 0.5) is 0 Å². The molecular weight excluding hydrogens is 310 g/mol. The quantitative estimate of drug-likeness (QED) is 0.385. The molecule has 19 heavy (non-hydrogen) atoms. The van der Waals surface area contributed by atoms with E-state index in [-0.39, 0.29) is 17.7 Å². The monoisotopic (exact) mass is 327 g/mol. The smallest absolute Gasteiger partial charge is 0.253 e. The zero-order valence-electron chi connectivity index (χ0n) is 11.2. The Labute approximate surface area is 121 Å². The third kappa shape index (κ3) is 3.70. The molecule has 0 radical (unpaired) electrons. The molecule has 3 N–H and O–H groups in total. The number of amidine groups is 1. The van der Waals surface area contributed by atoms with Crippen molar-refractivity contribution >= 4 is 27.7 Å². The van der Waals surface area contributed by atoms with Crippen LogP contribution in [0.3, 0.4) is 0 Å². The number of rotatable bonds is 4. The van der Waals surface area contributed by atoms with Gasteiger partial charge in [-0.1, -0.05) is 34.1 Å². The number of oxime groups is 1. The third-order valence-electron chi connectivity index (χ3n) is 3.01. The van der Waals surface area contributed by atoms with E-state index in [1.165, 1.54) is 0 Å². The van der Waals surface area contributed by atoms with Crippen LogP contribution in [0.2, 0.25) is 0 Å². The van der Waals surface area contributed by atoms with Crippen LogP contribution in [0.25, 0.3) is 0 Å². The van der Waals surface area contributed by atoms with E-state index in [1.54, 1.807) is 24.9 Å². The first-order valence-corrected chi connectivity index (χ1v) is 6.65. The maximum atomic E-state index is 12.3. The highest BCUT2D eigenvalue weighted by atomic mass is 79.9. The molecule has 0 aliphatic heterocycles. The summed E-state index contributed by atoms with van der Waals surface area (Å²) in [5.41, 5.74) is 7.05. The SMILES string of the molecule is Cc1c(Br)cccc1C(=O)N(C)CC(C)C(N)=NO. The van der Waals surface area contributed by atoms with Gasteiger partial charge in [0.15, 0.2) is 0 Å². The van der Waals surface area contributed by atoms with E-state index in [1.807, 2.05) is 19.1 Å². The van der Waals surface area contributed by atoms with Gasteiger partial charge in [0.1, 0.15) is 5.84 Å². The fourth-order valence-corrected chi connectivity index (χ4v) is 2.10. The van der Waals surface area contributed by atoms with Crippen LogP contribution in [-0.4, -0.2) is 35.4 Å². The fraction of sp³-hybridized carbons (Fsp3) is 0.385. The Morgan fingerprint density at radius 1 is 1.58 bits per heavy atom. The van der Waals surface area contributed by atoms with E-state index >= 15 is 0 Å². The highest BCUT2D eigenvalue weighted by molar-refractivity contribution is 9.10. The Balaban J connectivity index is 2.86. The number of halogens is 1. The summed E-state index contributed by atoms with van der Waals surface area (Å²) in [4.78, 5) is 13.9. The molecule has 1 rings (SSSR count). The lowest BCUT2D eigenvalue weighted by molar-refractivity contribution is 0.0785. The van der Waals surface area contributed by atoms with Crippen molar-refractivity contribution in [3.8, 4) is 0 Å². The summed E-state index contributed by atoms with van der Waals surface area (Å²) in [7, 11) is 1.70. The lowest BCUT2D eigenvalue weighted by Crippen LogP contribution is -2.36. The summed E-state index contributed by atoms with van der Waals surface area (Å²) in [6, 6.07) is 5.50. The Bertz CT molecular complexity index is 503. The third-order valence-corrected chi connectivity index (χ3v) is 3.87. The minimum absolute atomic E-state index is 0.0867. The molecule has 104 valence electrons. The average molecular weight is 328 g/mol. The van der Waals surface area contributed by atoms with Gasteiger partial charge in [-0.3, -0.25) is 4.79 Å². The number of amides is 1. The molecule has 5 nitrogen and oxygen atoms in total. The van der Waals surface area contributed by atoms with Gasteiger partial charge < -0.3 is 15.8 Å². The Morgan fingerprint density at radius 2 is 2.21 bits per heavy atom. The zero-order chi connectivity index (χ0) is 14.6. The van der Waals surface area contributed by atoms with E-state index < -0.39 is 0 Å². The van der Waals surface area contributed by atoms with Crippen LogP contribution < -0.4 is 5.73 Å². The second-order valence-corrected chi connectivity index (χ2v) is 5.38. The molecule has 6 heteroatoms. The molecule has 0 heterocycles. The van der Waals surface area contributed by atoms with Gasteiger partial charge >= 0.3 is 0 Å². The molecule has 1 unspecified atom stereocenters. The van der Waals surface area contributed by atoms with Crippen molar-refractivity contribution in [1.29, 1.82) is 0 Å². The van der Waals surface area contributed by atoms with E-state index in [4.69, 9.17) is 10.9 Å². The maximum Gasteiger partial charge on any atom is 0.253 e. The van der Waals surface area contributed by atoms with Crippen molar-refractivity contribution in [2.75, 3.05) is 13.6 Å². The van der Waals surface area contributed by atoms with Gasteiger partial charge in [-0.2, -0.15) is 0 Å². The summed E-state index contributed by atoms with van der Waals surface area (Å²) in [5.74, 6) is -0.173. The van der Waals surface area contributed by atoms with E-state index in [0.29, 0.717) is 12.1 Å². The Kier molecular flexibility index (Phi) is 5.35. The van der Waals surface area contributed by atoms with Crippen LogP contribution >= 0.6 is 15.9 Å². The van der Waals surface area contributed by atoms with E-state index in [2.05, 4.69) is 21.1 Å². The van der Waals surface area contributed by atoms with Crippen molar-refractivity contribution < 1.29 is 10.0 Å². The first-order valence-electron chi connectivity index (χ1n) is 5.86. The molecular formula is C13H18BrN3O2. The number of nitrogens with zero attached hydrogens (tertiary/aromatic N) is 2. The zero-order valence-corrected chi connectivity index (χ0v) is 12.8. The fourth-order valence-electron chi connectivity index (χ4n) is 1.73. The maximum absolute atomic E-state index is 12.3. The van der Waals surface area contributed by atoms with Gasteiger partial charge in [-0.05, 0) is 24.6 Å². The normalized spacial score (nSPS) is 13.2. The van der Waals surface area contributed by atoms with Gasteiger partial charge in [0.25, 0.3) is 5.91 Å². The molecule has 0 aromatic heterocycles. The summed E-state index contributed by atoms with van der Waals surface area (Å²) in [6.45, 7) is 4.07. The molecule has 0 bridgehead atoms. The van der Waals surface area contributed by atoms with E-state index in [9.17, 15) is 4.79 Å². The minimum Gasteiger partial charge on any atom is -0.409 e. The van der Waals surface area contributed by atoms with Gasteiger partial charge in [0, 0.05) is 29.5 Å². The number of carbonyl (C=O) groups excluding carboxylic acids is 1. The lowest BCUT2D eigenvalue weighted by atomic mass is 10.1. The van der Waals surface area contributed by atoms with Crippen LogP contribution in [0.5, 0.6) is 0 Å². The van der Waals surface area contributed by atoms with E-state index in [0.717, 1.165) is 10.0 Å². The summed E-state index contributed by atoms with van der Waals surface area (Å²) < 4.78 is 0.899. The van der Waals surface area contributed by atoms with Gasteiger partial charge in [-0.15, -0.1) is 0 Å². The minimum atomic E-state index is -0.202. The first kappa shape index (κ1) is 15.5. The standard InChI is InChI=1S/C13H18BrN3O2/c1-8(12(15)16-19)7-17(3)13(18)10-5-4-6-11(14)9(10)2/h4-6,8,19H,7H2,1-3H3,(H2,15,16). The van der Waals surface area contributed by atoms with Crippen molar-refractivity contribution in [3.63, 3.8) is 0 Å².